The van der Waals surface area contributed by atoms with E-state index in [1.807, 2.05) is 19.1 Å². The first-order valence-corrected chi connectivity index (χ1v) is 6.68. The van der Waals surface area contributed by atoms with Crippen LogP contribution in [0.25, 0.3) is 6.08 Å². The minimum Gasteiger partial charge on any atom is -0.322 e. The lowest BCUT2D eigenvalue weighted by molar-refractivity contribution is -0.111. The Morgan fingerprint density at radius 3 is 2.68 bits per heavy atom. The van der Waals surface area contributed by atoms with Crippen molar-refractivity contribution in [1.82, 2.24) is 0 Å². The lowest BCUT2D eigenvalue weighted by atomic mass is 10.2. The van der Waals surface area contributed by atoms with Crippen molar-refractivity contribution in [1.29, 1.82) is 0 Å². The average molecular weight is 275 g/mol. The van der Waals surface area contributed by atoms with Crippen LogP contribution in [-0.4, -0.2) is 5.91 Å². The molecule has 1 aromatic heterocycles. The number of carbonyl (C=O) groups is 1. The summed E-state index contributed by atoms with van der Waals surface area (Å²) in [5.41, 5.74) is 1.02. The third-order valence-electron chi connectivity index (χ3n) is 2.60. The van der Waals surface area contributed by atoms with Crippen molar-refractivity contribution in [3.63, 3.8) is 0 Å². The van der Waals surface area contributed by atoms with Gasteiger partial charge in [-0.05, 0) is 49.8 Å². The van der Waals surface area contributed by atoms with Gasteiger partial charge < -0.3 is 5.32 Å². The Balaban J connectivity index is 2.01. The molecule has 1 N–H and O–H groups in total. The number of aryl methyl sites for hydroxylation is 2. The summed E-state index contributed by atoms with van der Waals surface area (Å²) in [5, 5.41) is 2.63. The molecule has 2 nitrogen and oxygen atoms in total. The molecule has 19 heavy (non-hydrogen) atoms. The van der Waals surface area contributed by atoms with E-state index in [4.69, 9.17) is 0 Å². The molecule has 2 rings (SSSR count). The van der Waals surface area contributed by atoms with E-state index < -0.39 is 0 Å². The van der Waals surface area contributed by atoms with E-state index in [-0.39, 0.29) is 11.7 Å². The van der Waals surface area contributed by atoms with E-state index in [9.17, 15) is 9.18 Å². The average Bonchev–Trinajstić information content (AvgIpc) is 2.77. The Morgan fingerprint density at radius 2 is 2.05 bits per heavy atom. The number of halogens is 1. The molecule has 1 aromatic carbocycles. The molecule has 1 amide bonds. The first-order valence-electron chi connectivity index (χ1n) is 5.86. The number of benzene rings is 1. The molecular weight excluding hydrogens is 261 g/mol. The highest BCUT2D eigenvalue weighted by atomic mass is 32.1. The molecule has 0 aliphatic rings. The first-order chi connectivity index (χ1) is 9.04. The Morgan fingerprint density at radius 1 is 1.26 bits per heavy atom. The first kappa shape index (κ1) is 13.5. The molecule has 98 valence electrons. The van der Waals surface area contributed by atoms with Gasteiger partial charge in [-0.1, -0.05) is 6.07 Å². The van der Waals surface area contributed by atoms with Gasteiger partial charge in [0.05, 0.1) is 0 Å². The SMILES string of the molecule is Cc1ccc(/C=C/C(=O)Nc2ccc(C)c(F)c2)s1. The fourth-order valence-electron chi connectivity index (χ4n) is 1.56. The number of anilines is 1. The second-order valence-electron chi connectivity index (χ2n) is 4.23. The van der Waals surface area contributed by atoms with E-state index in [0.29, 0.717) is 11.3 Å². The minimum absolute atomic E-state index is 0.269. The Bertz CT molecular complexity index is 631. The van der Waals surface area contributed by atoms with Gasteiger partial charge in [0.15, 0.2) is 0 Å². The Labute approximate surface area is 115 Å². The Hall–Kier alpha value is -1.94. The van der Waals surface area contributed by atoms with Crippen molar-refractivity contribution in [2.45, 2.75) is 13.8 Å². The predicted octanol–water partition coefficient (Wildman–Crippen LogP) is 4.16. The van der Waals surface area contributed by atoms with Crippen LogP contribution in [0.3, 0.4) is 0 Å². The molecule has 0 aliphatic carbocycles. The smallest absolute Gasteiger partial charge is 0.248 e. The summed E-state index contributed by atoms with van der Waals surface area (Å²) in [6.07, 6.45) is 3.20. The van der Waals surface area contributed by atoms with Crippen LogP contribution in [-0.2, 0) is 4.79 Å². The second kappa shape index (κ2) is 5.80. The number of carbonyl (C=O) groups excluding carboxylic acids is 1. The second-order valence-corrected chi connectivity index (χ2v) is 5.55. The van der Waals surface area contributed by atoms with Gasteiger partial charge in [-0.3, -0.25) is 4.79 Å². The highest BCUT2D eigenvalue weighted by Crippen LogP contribution is 2.17. The summed E-state index contributed by atoms with van der Waals surface area (Å²) in [5.74, 6) is -0.593. The van der Waals surface area contributed by atoms with Crippen LogP contribution in [0.1, 0.15) is 15.3 Å². The van der Waals surface area contributed by atoms with Crippen molar-refractivity contribution in [3.8, 4) is 0 Å². The van der Waals surface area contributed by atoms with Crippen LogP contribution in [0.5, 0.6) is 0 Å². The maximum atomic E-state index is 13.3. The van der Waals surface area contributed by atoms with Crippen LogP contribution in [0.2, 0.25) is 0 Å². The molecule has 0 bridgehead atoms. The lowest BCUT2D eigenvalue weighted by Gasteiger charge is -2.03. The largest absolute Gasteiger partial charge is 0.322 e. The fourth-order valence-corrected chi connectivity index (χ4v) is 2.34. The number of hydrogen-bond donors (Lipinski definition) is 1. The Kier molecular flexibility index (Phi) is 4.12. The summed E-state index contributed by atoms with van der Waals surface area (Å²) in [7, 11) is 0. The van der Waals surface area contributed by atoms with E-state index in [1.165, 1.54) is 17.0 Å². The highest BCUT2D eigenvalue weighted by Gasteiger charge is 2.02. The van der Waals surface area contributed by atoms with Crippen LogP contribution in [0.4, 0.5) is 10.1 Å². The molecule has 0 fully saturated rings. The van der Waals surface area contributed by atoms with Gasteiger partial charge in [-0.25, -0.2) is 4.39 Å². The molecule has 0 saturated carbocycles. The summed E-state index contributed by atoms with van der Waals surface area (Å²) >= 11 is 1.61. The predicted molar refractivity (Wildman–Crippen MR) is 77.9 cm³/mol. The number of rotatable bonds is 3. The summed E-state index contributed by atoms with van der Waals surface area (Å²) in [6.45, 7) is 3.69. The van der Waals surface area contributed by atoms with Crippen LogP contribution >= 0.6 is 11.3 Å². The monoisotopic (exact) mass is 275 g/mol. The van der Waals surface area contributed by atoms with Crippen molar-refractivity contribution < 1.29 is 9.18 Å². The maximum Gasteiger partial charge on any atom is 0.248 e. The quantitative estimate of drug-likeness (QED) is 0.837. The van der Waals surface area contributed by atoms with Gasteiger partial charge in [-0.15, -0.1) is 11.3 Å². The summed E-state index contributed by atoms with van der Waals surface area (Å²) < 4.78 is 13.3. The number of amides is 1. The molecule has 0 spiro atoms. The number of hydrogen-bond acceptors (Lipinski definition) is 2. The van der Waals surface area contributed by atoms with Crippen LogP contribution in [0, 0.1) is 19.7 Å². The number of nitrogens with one attached hydrogen (secondary N) is 1. The van der Waals surface area contributed by atoms with Gasteiger partial charge in [0.25, 0.3) is 0 Å². The summed E-state index contributed by atoms with van der Waals surface area (Å²) in [4.78, 5) is 13.9. The zero-order chi connectivity index (χ0) is 13.8. The lowest BCUT2D eigenvalue weighted by Crippen LogP contribution is -2.07. The van der Waals surface area contributed by atoms with Gasteiger partial charge in [0.2, 0.25) is 5.91 Å². The van der Waals surface area contributed by atoms with Gasteiger partial charge in [0.1, 0.15) is 5.82 Å². The third kappa shape index (κ3) is 3.76. The molecule has 0 radical (unpaired) electrons. The minimum atomic E-state index is -0.323. The normalized spacial score (nSPS) is 10.9. The van der Waals surface area contributed by atoms with Crippen molar-refractivity contribution in [3.05, 3.63) is 57.5 Å². The standard InChI is InChI=1S/C15H14FNOS/c1-10-3-5-12(9-14(10)16)17-15(18)8-7-13-6-4-11(2)19-13/h3-9H,1-2H3,(H,17,18)/b8-7+. The third-order valence-corrected chi connectivity index (χ3v) is 3.57. The molecule has 0 saturated heterocycles. The van der Waals surface area contributed by atoms with E-state index in [2.05, 4.69) is 5.32 Å². The van der Waals surface area contributed by atoms with Gasteiger partial charge in [0, 0.05) is 21.5 Å². The van der Waals surface area contributed by atoms with Crippen LogP contribution in [0.15, 0.2) is 36.4 Å². The zero-order valence-electron chi connectivity index (χ0n) is 10.7. The fraction of sp³-hybridized carbons (Fsp3) is 0.133. The number of thiophene rings is 1. The maximum absolute atomic E-state index is 13.3. The molecule has 0 atom stereocenters. The summed E-state index contributed by atoms with van der Waals surface area (Å²) in [6, 6.07) is 8.58. The molecular formula is C15H14FNOS. The van der Waals surface area contributed by atoms with E-state index in [1.54, 1.807) is 36.5 Å². The topological polar surface area (TPSA) is 29.1 Å². The molecule has 4 heteroatoms. The van der Waals surface area contributed by atoms with Crippen LogP contribution < -0.4 is 5.32 Å². The molecule has 2 aromatic rings. The van der Waals surface area contributed by atoms with Gasteiger partial charge in [-0.2, -0.15) is 0 Å². The zero-order valence-corrected chi connectivity index (χ0v) is 11.6. The van der Waals surface area contributed by atoms with Crippen molar-refractivity contribution >= 4 is 29.0 Å². The van der Waals surface area contributed by atoms with Gasteiger partial charge >= 0.3 is 0 Å². The van der Waals surface area contributed by atoms with Crippen molar-refractivity contribution in [2.75, 3.05) is 5.32 Å². The molecule has 0 aliphatic heterocycles. The van der Waals surface area contributed by atoms with E-state index >= 15 is 0 Å². The molecule has 0 unspecified atom stereocenters. The van der Waals surface area contributed by atoms with E-state index in [0.717, 1.165) is 4.88 Å². The highest BCUT2D eigenvalue weighted by molar-refractivity contribution is 7.12. The molecule has 1 heterocycles. The van der Waals surface area contributed by atoms with Crippen molar-refractivity contribution in [2.24, 2.45) is 0 Å².